The largest absolute Gasteiger partial charge is 0.497 e. The summed E-state index contributed by atoms with van der Waals surface area (Å²) in [5.41, 5.74) is 2.49. The van der Waals surface area contributed by atoms with Crippen LogP contribution >= 0.6 is 11.8 Å². The topological polar surface area (TPSA) is 79.9 Å². The van der Waals surface area contributed by atoms with Gasteiger partial charge in [0.1, 0.15) is 11.5 Å². The van der Waals surface area contributed by atoms with E-state index in [1.807, 2.05) is 49.4 Å². The second kappa shape index (κ2) is 9.23. The average molecular weight is 450 g/mol. The summed E-state index contributed by atoms with van der Waals surface area (Å²) >= 11 is 1.54. The van der Waals surface area contributed by atoms with Crippen molar-refractivity contribution in [1.29, 1.82) is 0 Å². The number of anilines is 3. The van der Waals surface area contributed by atoms with Crippen LogP contribution in [-0.4, -0.2) is 32.7 Å². The van der Waals surface area contributed by atoms with Crippen molar-refractivity contribution in [3.05, 3.63) is 66.2 Å². The van der Waals surface area contributed by atoms with E-state index < -0.39 is 6.03 Å². The maximum Gasteiger partial charge on any atom is 0.323 e. The van der Waals surface area contributed by atoms with Crippen LogP contribution in [0.4, 0.5) is 21.9 Å². The van der Waals surface area contributed by atoms with Crippen LogP contribution in [0.5, 0.6) is 11.5 Å². The van der Waals surface area contributed by atoms with Gasteiger partial charge in [-0.2, -0.15) is 0 Å². The van der Waals surface area contributed by atoms with Gasteiger partial charge < -0.3 is 25.0 Å². The number of fused-ring (bicyclic) bond motifs is 2. The summed E-state index contributed by atoms with van der Waals surface area (Å²) in [7, 11) is 3.09. The number of hydrogen-bond acceptors (Lipinski definition) is 5. The van der Waals surface area contributed by atoms with Crippen LogP contribution in [0.25, 0.3) is 0 Å². The Hall–Kier alpha value is -3.65. The van der Waals surface area contributed by atoms with Crippen LogP contribution in [0.15, 0.2) is 70.5 Å². The Morgan fingerprint density at radius 3 is 2.53 bits per heavy atom. The van der Waals surface area contributed by atoms with Crippen LogP contribution in [0, 0.1) is 0 Å². The fraction of sp³-hybridized carbons (Fsp3) is 0.167. The molecule has 0 saturated heterocycles. The van der Waals surface area contributed by atoms with Crippen LogP contribution in [0.3, 0.4) is 0 Å². The first-order valence-electron chi connectivity index (χ1n) is 10.1. The van der Waals surface area contributed by atoms with Gasteiger partial charge in [0.15, 0.2) is 0 Å². The molecule has 7 nitrogen and oxygen atoms in total. The minimum Gasteiger partial charge on any atom is -0.497 e. The number of ether oxygens (including phenoxy) is 2. The quantitative estimate of drug-likeness (QED) is 0.539. The second-order valence-corrected chi connectivity index (χ2v) is 8.06. The monoisotopic (exact) mass is 449 g/mol. The fourth-order valence-corrected chi connectivity index (χ4v) is 4.57. The molecule has 0 spiro atoms. The van der Waals surface area contributed by atoms with E-state index in [0.717, 1.165) is 15.5 Å². The molecule has 1 heterocycles. The van der Waals surface area contributed by atoms with E-state index in [2.05, 4.69) is 10.6 Å². The lowest BCUT2D eigenvalue weighted by molar-refractivity contribution is 0.0985. The third kappa shape index (κ3) is 4.22. The molecule has 3 aromatic carbocycles. The molecule has 3 amide bonds. The number of urea groups is 1. The van der Waals surface area contributed by atoms with Gasteiger partial charge in [-0.25, -0.2) is 4.79 Å². The van der Waals surface area contributed by atoms with Gasteiger partial charge in [0.25, 0.3) is 5.91 Å². The van der Waals surface area contributed by atoms with E-state index in [1.165, 1.54) is 7.11 Å². The zero-order valence-corrected chi connectivity index (χ0v) is 18.8. The van der Waals surface area contributed by atoms with Crippen LogP contribution in [0.1, 0.15) is 17.3 Å². The fourth-order valence-electron chi connectivity index (χ4n) is 3.51. The maximum atomic E-state index is 13.1. The summed E-state index contributed by atoms with van der Waals surface area (Å²) in [6, 6.07) is 17.8. The molecule has 164 valence electrons. The molecule has 1 aliphatic rings. The van der Waals surface area contributed by atoms with Crippen LogP contribution in [-0.2, 0) is 0 Å². The molecule has 0 atom stereocenters. The predicted octanol–water partition coefficient (Wildman–Crippen LogP) is 5.48. The Morgan fingerprint density at radius 1 is 0.969 bits per heavy atom. The first kappa shape index (κ1) is 21.6. The average Bonchev–Trinajstić information content (AvgIpc) is 2.92. The van der Waals surface area contributed by atoms with Crippen molar-refractivity contribution in [2.45, 2.75) is 16.7 Å². The lowest BCUT2D eigenvalue weighted by Gasteiger charge is -2.22. The molecule has 3 aromatic rings. The second-order valence-electron chi connectivity index (χ2n) is 6.98. The normalized spacial score (nSPS) is 12.3. The van der Waals surface area contributed by atoms with Crippen molar-refractivity contribution in [3.8, 4) is 11.5 Å². The molecule has 0 radical (unpaired) electrons. The van der Waals surface area contributed by atoms with Crippen molar-refractivity contribution < 1.29 is 19.1 Å². The summed E-state index contributed by atoms with van der Waals surface area (Å²) in [5.74, 6) is 1.05. The molecular weight excluding hydrogens is 426 g/mol. The van der Waals surface area contributed by atoms with Crippen LogP contribution in [0.2, 0.25) is 0 Å². The van der Waals surface area contributed by atoms with Gasteiger partial charge in [0.2, 0.25) is 0 Å². The maximum absolute atomic E-state index is 13.1. The Balaban J connectivity index is 1.59. The molecule has 0 aromatic heterocycles. The minimum atomic E-state index is -0.435. The van der Waals surface area contributed by atoms with E-state index in [9.17, 15) is 9.59 Å². The molecule has 0 bridgehead atoms. The number of nitrogens with zero attached hydrogens (tertiary/aromatic N) is 1. The zero-order valence-electron chi connectivity index (χ0n) is 18.0. The standard InChI is InChI=1S/C24H23N3O4S/c1-4-27-19-13-15(9-12-22(19)32-21-8-6-5-7-17(21)23(27)28)25-24(29)26-18-14-16(30-2)10-11-20(18)31-3/h5-14H,4H2,1-3H3,(H2,25,26,29). The van der Waals surface area contributed by atoms with Crippen LogP contribution < -0.4 is 25.0 Å². The van der Waals surface area contributed by atoms with Gasteiger partial charge in [-0.1, -0.05) is 23.9 Å². The molecule has 1 aliphatic heterocycles. The van der Waals surface area contributed by atoms with Crippen molar-refractivity contribution >= 4 is 40.8 Å². The van der Waals surface area contributed by atoms with Crippen molar-refractivity contribution in [2.24, 2.45) is 0 Å². The molecule has 0 unspecified atom stereocenters. The third-order valence-corrected chi connectivity index (χ3v) is 6.20. The molecule has 2 N–H and O–H groups in total. The van der Waals surface area contributed by atoms with Crippen molar-refractivity contribution in [1.82, 2.24) is 0 Å². The summed E-state index contributed by atoms with van der Waals surface area (Å²) in [6.07, 6.45) is 0. The molecule has 8 heteroatoms. The number of rotatable bonds is 5. The first-order chi connectivity index (χ1) is 15.5. The highest BCUT2D eigenvalue weighted by Crippen LogP contribution is 2.42. The number of nitrogens with one attached hydrogen (secondary N) is 2. The number of benzene rings is 3. The van der Waals surface area contributed by atoms with E-state index in [4.69, 9.17) is 9.47 Å². The highest BCUT2D eigenvalue weighted by Gasteiger charge is 2.26. The van der Waals surface area contributed by atoms with E-state index in [0.29, 0.717) is 35.0 Å². The van der Waals surface area contributed by atoms with E-state index >= 15 is 0 Å². The highest BCUT2D eigenvalue weighted by atomic mass is 32.2. The van der Waals surface area contributed by atoms with Gasteiger partial charge in [-0.3, -0.25) is 4.79 Å². The third-order valence-electron chi connectivity index (χ3n) is 5.06. The molecule has 32 heavy (non-hydrogen) atoms. The Bertz CT molecular complexity index is 1180. The molecule has 4 rings (SSSR count). The lowest BCUT2D eigenvalue weighted by atomic mass is 10.1. The lowest BCUT2D eigenvalue weighted by Crippen LogP contribution is -2.30. The number of amides is 3. The van der Waals surface area contributed by atoms with Gasteiger partial charge >= 0.3 is 6.03 Å². The Morgan fingerprint density at radius 2 is 1.78 bits per heavy atom. The predicted molar refractivity (Wildman–Crippen MR) is 127 cm³/mol. The van der Waals surface area contributed by atoms with Crippen molar-refractivity contribution in [3.63, 3.8) is 0 Å². The van der Waals surface area contributed by atoms with Gasteiger partial charge in [-0.15, -0.1) is 0 Å². The van der Waals surface area contributed by atoms with Gasteiger partial charge in [-0.05, 0) is 49.4 Å². The van der Waals surface area contributed by atoms with E-state index in [1.54, 1.807) is 42.0 Å². The van der Waals surface area contributed by atoms with E-state index in [-0.39, 0.29) is 5.91 Å². The highest BCUT2D eigenvalue weighted by molar-refractivity contribution is 7.99. The first-order valence-corrected chi connectivity index (χ1v) is 10.9. The Labute approximate surface area is 190 Å². The summed E-state index contributed by atoms with van der Waals surface area (Å²) in [5, 5.41) is 5.62. The summed E-state index contributed by atoms with van der Waals surface area (Å²) in [4.78, 5) is 29.4. The van der Waals surface area contributed by atoms with Gasteiger partial charge in [0.05, 0.1) is 31.2 Å². The minimum absolute atomic E-state index is 0.0583. The Kier molecular flexibility index (Phi) is 6.23. The zero-order chi connectivity index (χ0) is 22.7. The number of methoxy groups -OCH3 is 2. The smallest absolute Gasteiger partial charge is 0.323 e. The number of carbonyl (C=O) groups excluding carboxylic acids is 2. The number of hydrogen-bond donors (Lipinski definition) is 2. The summed E-state index contributed by atoms with van der Waals surface area (Å²) in [6.45, 7) is 2.44. The van der Waals surface area contributed by atoms with Crippen molar-refractivity contribution in [2.75, 3.05) is 36.3 Å². The van der Waals surface area contributed by atoms with Gasteiger partial charge in [0, 0.05) is 28.1 Å². The molecule has 0 fully saturated rings. The SMILES string of the molecule is CCN1C(=O)c2ccccc2Sc2ccc(NC(=O)Nc3cc(OC)ccc3OC)cc21. The molecule has 0 saturated carbocycles. The number of carbonyl (C=O) groups is 2. The summed E-state index contributed by atoms with van der Waals surface area (Å²) < 4.78 is 10.5. The molecular formula is C24H23N3O4S. The molecule has 0 aliphatic carbocycles.